The second-order valence-corrected chi connectivity index (χ2v) is 4.78. The largest absolute Gasteiger partial charge is 0.309 e. The molecule has 0 aliphatic rings. The smallest absolute Gasteiger partial charge is 0.131 e. The van der Waals surface area contributed by atoms with Crippen molar-refractivity contribution in [2.45, 2.75) is 6.04 Å². The number of pyridine rings is 1. The van der Waals surface area contributed by atoms with Gasteiger partial charge in [0.25, 0.3) is 0 Å². The second-order valence-electron chi connectivity index (χ2n) is 4.78. The van der Waals surface area contributed by atoms with Crippen LogP contribution in [0.3, 0.4) is 0 Å². The Morgan fingerprint density at radius 1 is 0.952 bits per heavy atom. The van der Waals surface area contributed by atoms with E-state index in [-0.39, 0.29) is 5.56 Å². The molecule has 4 heteroatoms. The summed E-state index contributed by atoms with van der Waals surface area (Å²) in [6.07, 6.45) is 1.68. The number of hydrogen-bond donors (Lipinski definition) is 1. The first-order valence-corrected chi connectivity index (χ1v) is 6.67. The predicted molar refractivity (Wildman–Crippen MR) is 79.0 cm³/mol. The third kappa shape index (κ3) is 2.38. The van der Waals surface area contributed by atoms with E-state index in [4.69, 9.17) is 0 Å². The van der Waals surface area contributed by atoms with Crippen molar-refractivity contribution in [3.05, 3.63) is 77.5 Å². The molecule has 0 aliphatic carbocycles. The Morgan fingerprint density at radius 3 is 2.33 bits per heavy atom. The van der Waals surface area contributed by atoms with Crippen molar-refractivity contribution in [3.63, 3.8) is 0 Å². The maximum absolute atomic E-state index is 14.1. The lowest BCUT2D eigenvalue weighted by molar-refractivity contribution is 0.523. The van der Waals surface area contributed by atoms with Gasteiger partial charge >= 0.3 is 0 Å². The van der Waals surface area contributed by atoms with Gasteiger partial charge < -0.3 is 5.32 Å². The molecule has 1 aromatic heterocycles. The van der Waals surface area contributed by atoms with Gasteiger partial charge in [-0.25, -0.2) is 8.78 Å². The molecule has 0 spiro atoms. The highest BCUT2D eigenvalue weighted by atomic mass is 19.1. The fourth-order valence-electron chi connectivity index (χ4n) is 2.60. The molecule has 1 unspecified atom stereocenters. The van der Waals surface area contributed by atoms with Gasteiger partial charge in [0.2, 0.25) is 0 Å². The lowest BCUT2D eigenvalue weighted by atomic mass is 9.95. The summed E-state index contributed by atoms with van der Waals surface area (Å²) in [5.41, 5.74) is 1.50. The van der Waals surface area contributed by atoms with E-state index < -0.39 is 17.7 Å². The first kappa shape index (κ1) is 13.6. The molecule has 106 valence electrons. The number of aromatic nitrogens is 1. The molecule has 0 aliphatic heterocycles. The maximum Gasteiger partial charge on any atom is 0.131 e. The molecule has 2 nitrogen and oxygen atoms in total. The fourth-order valence-corrected chi connectivity index (χ4v) is 2.60. The Bertz CT molecular complexity index is 761. The molecule has 0 fully saturated rings. The van der Waals surface area contributed by atoms with Crippen molar-refractivity contribution in [1.82, 2.24) is 10.3 Å². The molecular weight excluding hydrogens is 270 g/mol. The quantitative estimate of drug-likeness (QED) is 0.791. The van der Waals surface area contributed by atoms with Gasteiger partial charge in [0.15, 0.2) is 0 Å². The zero-order valence-electron chi connectivity index (χ0n) is 11.5. The Hall–Kier alpha value is -2.33. The van der Waals surface area contributed by atoms with Crippen molar-refractivity contribution in [3.8, 4) is 0 Å². The van der Waals surface area contributed by atoms with Crippen molar-refractivity contribution in [1.29, 1.82) is 0 Å². The van der Waals surface area contributed by atoms with E-state index in [1.165, 1.54) is 18.2 Å². The fraction of sp³-hybridized carbons (Fsp3) is 0.118. The van der Waals surface area contributed by atoms with Crippen LogP contribution in [-0.4, -0.2) is 12.0 Å². The second kappa shape index (κ2) is 5.58. The summed E-state index contributed by atoms with van der Waals surface area (Å²) in [6.45, 7) is 0. The van der Waals surface area contributed by atoms with Gasteiger partial charge in [0, 0.05) is 17.1 Å². The van der Waals surface area contributed by atoms with Crippen LogP contribution >= 0.6 is 0 Å². The van der Waals surface area contributed by atoms with Crippen molar-refractivity contribution in [2.75, 3.05) is 7.05 Å². The van der Waals surface area contributed by atoms with Crippen LogP contribution in [0.4, 0.5) is 8.78 Å². The molecule has 21 heavy (non-hydrogen) atoms. The Balaban J connectivity index is 2.24. The summed E-state index contributed by atoms with van der Waals surface area (Å²) in [5.74, 6) is -1.13. The molecule has 0 saturated carbocycles. The molecule has 0 bridgehead atoms. The topological polar surface area (TPSA) is 24.9 Å². The number of benzene rings is 2. The summed E-state index contributed by atoms with van der Waals surface area (Å²) >= 11 is 0. The van der Waals surface area contributed by atoms with E-state index in [0.717, 1.165) is 16.5 Å². The zero-order chi connectivity index (χ0) is 14.8. The lowest BCUT2D eigenvalue weighted by Gasteiger charge is -2.19. The van der Waals surface area contributed by atoms with Crippen LogP contribution in [0.25, 0.3) is 10.9 Å². The normalized spacial score (nSPS) is 12.5. The minimum Gasteiger partial charge on any atom is -0.309 e. The van der Waals surface area contributed by atoms with Crippen LogP contribution in [0.2, 0.25) is 0 Å². The van der Waals surface area contributed by atoms with Crippen molar-refractivity contribution < 1.29 is 8.78 Å². The van der Waals surface area contributed by atoms with E-state index in [1.807, 2.05) is 30.3 Å². The highest BCUT2D eigenvalue weighted by Crippen LogP contribution is 2.30. The molecule has 3 rings (SSSR count). The number of halogens is 2. The lowest BCUT2D eigenvalue weighted by Crippen LogP contribution is -2.21. The van der Waals surface area contributed by atoms with Gasteiger partial charge in [-0.1, -0.05) is 30.3 Å². The van der Waals surface area contributed by atoms with Crippen LogP contribution < -0.4 is 5.32 Å². The van der Waals surface area contributed by atoms with E-state index >= 15 is 0 Å². The zero-order valence-corrected chi connectivity index (χ0v) is 11.5. The molecule has 0 radical (unpaired) electrons. The minimum absolute atomic E-state index is 0.0122. The van der Waals surface area contributed by atoms with Crippen LogP contribution in [0.1, 0.15) is 17.2 Å². The number of fused-ring (bicyclic) bond motifs is 1. The van der Waals surface area contributed by atoms with Crippen LogP contribution in [0.5, 0.6) is 0 Å². The number of para-hydroxylation sites is 1. The molecule has 0 saturated heterocycles. The van der Waals surface area contributed by atoms with E-state index in [1.54, 1.807) is 13.2 Å². The number of nitrogens with one attached hydrogen (secondary N) is 1. The average molecular weight is 284 g/mol. The van der Waals surface area contributed by atoms with Gasteiger partial charge in [-0.05, 0) is 30.8 Å². The summed E-state index contributed by atoms with van der Waals surface area (Å²) in [5, 5.41) is 3.93. The Kier molecular flexibility index (Phi) is 3.62. The molecular formula is C17H14F2N2. The van der Waals surface area contributed by atoms with Gasteiger partial charge in [0.05, 0.1) is 11.6 Å². The molecule has 1 atom stereocenters. The van der Waals surface area contributed by atoms with Gasteiger partial charge in [-0.2, -0.15) is 0 Å². The summed E-state index contributed by atoms with van der Waals surface area (Å²) in [6, 6.07) is 12.7. The predicted octanol–water partition coefficient (Wildman–Crippen LogP) is 3.82. The first-order valence-electron chi connectivity index (χ1n) is 6.67. The van der Waals surface area contributed by atoms with Gasteiger partial charge in [-0.3, -0.25) is 4.98 Å². The number of nitrogens with zero attached hydrogens (tertiary/aromatic N) is 1. The van der Waals surface area contributed by atoms with Crippen LogP contribution in [-0.2, 0) is 0 Å². The molecule has 1 heterocycles. The summed E-state index contributed by atoms with van der Waals surface area (Å²) in [7, 11) is 1.68. The first-order chi connectivity index (χ1) is 10.2. The molecule has 0 amide bonds. The molecule has 1 N–H and O–H groups in total. The van der Waals surface area contributed by atoms with Gasteiger partial charge in [-0.15, -0.1) is 0 Å². The van der Waals surface area contributed by atoms with Crippen LogP contribution in [0.15, 0.2) is 54.7 Å². The van der Waals surface area contributed by atoms with E-state index in [0.29, 0.717) is 0 Å². The summed E-state index contributed by atoms with van der Waals surface area (Å²) in [4.78, 5) is 4.35. The SMILES string of the molecule is CNC(c1c(F)cccc1F)c1cccc2cccnc12. The van der Waals surface area contributed by atoms with Crippen LogP contribution in [0, 0.1) is 11.6 Å². The van der Waals surface area contributed by atoms with Gasteiger partial charge in [0.1, 0.15) is 11.6 Å². The standard InChI is InChI=1S/C17H14F2N2/c1-20-17(15-13(18)8-3-9-14(15)19)12-7-2-5-11-6-4-10-21-16(11)12/h2-10,17,20H,1H3. The summed E-state index contributed by atoms with van der Waals surface area (Å²) < 4.78 is 28.1. The maximum atomic E-state index is 14.1. The molecule has 2 aromatic carbocycles. The van der Waals surface area contributed by atoms with Crippen molar-refractivity contribution in [2.24, 2.45) is 0 Å². The highest BCUT2D eigenvalue weighted by Gasteiger charge is 2.22. The van der Waals surface area contributed by atoms with E-state index in [9.17, 15) is 8.78 Å². The highest BCUT2D eigenvalue weighted by molar-refractivity contribution is 5.82. The third-order valence-electron chi connectivity index (χ3n) is 3.55. The number of hydrogen-bond acceptors (Lipinski definition) is 2. The number of rotatable bonds is 3. The molecule has 3 aromatic rings. The average Bonchev–Trinajstić information content (AvgIpc) is 2.51. The minimum atomic E-state index is -0.593. The Morgan fingerprint density at radius 2 is 1.62 bits per heavy atom. The van der Waals surface area contributed by atoms with E-state index in [2.05, 4.69) is 10.3 Å². The van der Waals surface area contributed by atoms with Crippen molar-refractivity contribution >= 4 is 10.9 Å². The third-order valence-corrected chi connectivity index (χ3v) is 3.55. The Labute approximate surface area is 121 Å². The monoisotopic (exact) mass is 284 g/mol.